The minimum absolute atomic E-state index is 1.27. The van der Waals surface area contributed by atoms with E-state index in [4.69, 9.17) is 0 Å². The molecule has 0 nitrogen and oxygen atoms in total. The van der Waals surface area contributed by atoms with Gasteiger partial charge in [0.25, 0.3) is 0 Å². The first-order valence-electron chi connectivity index (χ1n) is 10.8. The molecule has 30 heavy (non-hydrogen) atoms. The van der Waals surface area contributed by atoms with Crippen molar-refractivity contribution in [3.05, 3.63) is 119 Å². The first kappa shape index (κ1) is 23.2. The van der Waals surface area contributed by atoms with Crippen molar-refractivity contribution < 1.29 is 0 Å². The lowest BCUT2D eigenvalue weighted by atomic mass is 9.93. The molecule has 0 radical (unpaired) electrons. The fourth-order valence-corrected chi connectivity index (χ4v) is 3.25. The Kier molecular flexibility index (Phi) is 9.09. The van der Waals surface area contributed by atoms with Crippen molar-refractivity contribution in [2.24, 2.45) is 0 Å². The van der Waals surface area contributed by atoms with Crippen LogP contribution in [0.4, 0.5) is 0 Å². The van der Waals surface area contributed by atoms with Crippen LogP contribution >= 0.6 is 0 Å². The fraction of sp³-hybridized carbons (Fsp3) is 0.200. The summed E-state index contributed by atoms with van der Waals surface area (Å²) in [4.78, 5) is 0. The summed E-state index contributed by atoms with van der Waals surface area (Å²) in [6, 6.07) is 34.3. The van der Waals surface area contributed by atoms with Gasteiger partial charge < -0.3 is 0 Å². The van der Waals surface area contributed by atoms with Gasteiger partial charge in [-0.05, 0) is 67.1 Å². The van der Waals surface area contributed by atoms with Crippen LogP contribution in [-0.4, -0.2) is 0 Å². The zero-order valence-corrected chi connectivity index (χ0v) is 19.2. The van der Waals surface area contributed by atoms with E-state index in [1.165, 1.54) is 44.5 Å². The highest BCUT2D eigenvalue weighted by molar-refractivity contribution is 5.77. The van der Waals surface area contributed by atoms with Crippen LogP contribution in [0, 0.1) is 27.7 Å². The van der Waals surface area contributed by atoms with Crippen molar-refractivity contribution in [3.8, 4) is 22.3 Å². The van der Waals surface area contributed by atoms with Gasteiger partial charge in [0, 0.05) is 0 Å². The van der Waals surface area contributed by atoms with E-state index in [2.05, 4.69) is 107 Å². The molecule has 0 unspecified atom stereocenters. The average molecular weight is 395 g/mol. The molecule has 0 aliphatic rings. The Labute approximate surface area is 183 Å². The molecule has 0 saturated heterocycles. The van der Waals surface area contributed by atoms with E-state index in [1.54, 1.807) is 0 Å². The maximum atomic E-state index is 2.31. The Morgan fingerprint density at radius 3 is 1.47 bits per heavy atom. The van der Waals surface area contributed by atoms with Gasteiger partial charge >= 0.3 is 0 Å². The number of aryl methyl sites for hydroxylation is 4. The molecule has 0 bridgehead atoms. The molecule has 0 spiro atoms. The van der Waals surface area contributed by atoms with Crippen molar-refractivity contribution in [2.45, 2.75) is 41.5 Å². The van der Waals surface area contributed by atoms with E-state index >= 15 is 0 Å². The molecule has 4 rings (SSSR count). The zero-order chi connectivity index (χ0) is 21.9. The summed E-state index contributed by atoms with van der Waals surface area (Å²) in [7, 11) is 0. The van der Waals surface area contributed by atoms with E-state index in [0.29, 0.717) is 0 Å². The van der Waals surface area contributed by atoms with Gasteiger partial charge in [0.2, 0.25) is 0 Å². The molecule has 154 valence electrons. The Hall–Kier alpha value is -3.12. The number of hydrogen-bond donors (Lipinski definition) is 0. The minimum Gasteiger partial charge on any atom is -0.0683 e. The minimum atomic E-state index is 1.27. The van der Waals surface area contributed by atoms with Crippen LogP contribution in [0.5, 0.6) is 0 Å². The smallest absolute Gasteiger partial charge is 0.0146 e. The topological polar surface area (TPSA) is 0 Å². The maximum Gasteiger partial charge on any atom is -0.0146 e. The highest BCUT2D eigenvalue weighted by Gasteiger charge is 2.07. The second-order valence-corrected chi connectivity index (χ2v) is 7.37. The summed E-state index contributed by atoms with van der Waals surface area (Å²) in [6.45, 7) is 12.6. The predicted octanol–water partition coefficient (Wildman–Crippen LogP) is 8.97. The van der Waals surface area contributed by atoms with E-state index in [9.17, 15) is 0 Å². The van der Waals surface area contributed by atoms with E-state index in [0.717, 1.165) is 0 Å². The molecule has 0 N–H and O–H groups in total. The van der Waals surface area contributed by atoms with Gasteiger partial charge in [-0.25, -0.2) is 0 Å². The largest absolute Gasteiger partial charge is 0.0683 e. The van der Waals surface area contributed by atoms with Crippen LogP contribution < -0.4 is 0 Å². The van der Waals surface area contributed by atoms with Crippen molar-refractivity contribution >= 4 is 0 Å². The summed E-state index contributed by atoms with van der Waals surface area (Å²) >= 11 is 0. The Morgan fingerprint density at radius 2 is 0.900 bits per heavy atom. The van der Waals surface area contributed by atoms with Crippen molar-refractivity contribution in [1.29, 1.82) is 0 Å². The van der Waals surface area contributed by atoms with Gasteiger partial charge in [-0.1, -0.05) is 116 Å². The molecule has 0 aromatic heterocycles. The molecular weight excluding hydrogens is 360 g/mol. The molecule has 0 fully saturated rings. The standard InChI is InChI=1S/C21H20.C7H8.C2H6/c1-15-8-11-18(12-9-15)19-13-10-17(3)21(14-19)20-7-5-4-6-16(20)2;1-7-5-3-2-4-6-7;1-2/h4-14H,1-3H3;2-6H,1H3;1-2H3. The van der Waals surface area contributed by atoms with Crippen LogP contribution in [0.3, 0.4) is 0 Å². The second kappa shape index (κ2) is 11.8. The molecule has 0 saturated carbocycles. The molecule has 4 aromatic carbocycles. The summed E-state index contributed by atoms with van der Waals surface area (Å²) in [5.74, 6) is 0. The first-order valence-corrected chi connectivity index (χ1v) is 10.8. The third kappa shape index (κ3) is 6.46. The highest BCUT2D eigenvalue weighted by atomic mass is 14.1. The van der Waals surface area contributed by atoms with E-state index in [1.807, 2.05) is 32.0 Å². The zero-order valence-electron chi connectivity index (χ0n) is 19.2. The molecule has 0 heteroatoms. The lowest BCUT2D eigenvalue weighted by molar-refractivity contribution is 1.40. The number of benzene rings is 4. The number of hydrogen-bond acceptors (Lipinski definition) is 0. The normalized spacial score (nSPS) is 9.67. The molecule has 0 aliphatic carbocycles. The SMILES string of the molecule is CC.Cc1ccc(-c2ccc(C)c(-c3ccccc3C)c2)cc1.Cc1ccccc1. The third-order valence-electron chi connectivity index (χ3n) is 5.00. The Balaban J connectivity index is 0.000000299. The van der Waals surface area contributed by atoms with Gasteiger partial charge in [0.15, 0.2) is 0 Å². The van der Waals surface area contributed by atoms with Crippen LogP contribution in [0.15, 0.2) is 97.1 Å². The molecular formula is C30H34. The van der Waals surface area contributed by atoms with E-state index in [-0.39, 0.29) is 0 Å². The predicted molar refractivity (Wildman–Crippen MR) is 134 cm³/mol. The van der Waals surface area contributed by atoms with Gasteiger partial charge in [-0.15, -0.1) is 0 Å². The van der Waals surface area contributed by atoms with Gasteiger partial charge in [-0.3, -0.25) is 0 Å². The second-order valence-electron chi connectivity index (χ2n) is 7.37. The quantitative estimate of drug-likeness (QED) is 0.318. The van der Waals surface area contributed by atoms with Crippen LogP contribution in [0.1, 0.15) is 36.1 Å². The summed E-state index contributed by atoms with van der Waals surface area (Å²) < 4.78 is 0. The van der Waals surface area contributed by atoms with Gasteiger partial charge in [0.1, 0.15) is 0 Å². The summed E-state index contributed by atoms with van der Waals surface area (Å²) in [6.07, 6.45) is 0. The van der Waals surface area contributed by atoms with E-state index < -0.39 is 0 Å². The monoisotopic (exact) mass is 394 g/mol. The highest BCUT2D eigenvalue weighted by Crippen LogP contribution is 2.31. The fourth-order valence-electron chi connectivity index (χ4n) is 3.25. The van der Waals surface area contributed by atoms with Crippen molar-refractivity contribution in [2.75, 3.05) is 0 Å². The van der Waals surface area contributed by atoms with Crippen molar-refractivity contribution in [3.63, 3.8) is 0 Å². The van der Waals surface area contributed by atoms with Gasteiger partial charge in [0.05, 0.1) is 0 Å². The Morgan fingerprint density at radius 1 is 0.400 bits per heavy atom. The molecule has 0 amide bonds. The Bertz CT molecular complexity index is 1030. The molecule has 4 aromatic rings. The third-order valence-corrected chi connectivity index (χ3v) is 5.00. The summed E-state index contributed by atoms with van der Waals surface area (Å²) in [5.41, 5.74) is 10.5. The lowest BCUT2D eigenvalue weighted by Crippen LogP contribution is -1.88. The molecule has 0 atom stereocenters. The van der Waals surface area contributed by atoms with Crippen LogP contribution in [0.25, 0.3) is 22.3 Å². The van der Waals surface area contributed by atoms with Crippen LogP contribution in [-0.2, 0) is 0 Å². The van der Waals surface area contributed by atoms with Gasteiger partial charge in [-0.2, -0.15) is 0 Å². The average Bonchev–Trinajstić information content (AvgIpc) is 2.78. The van der Waals surface area contributed by atoms with Crippen molar-refractivity contribution in [1.82, 2.24) is 0 Å². The maximum absolute atomic E-state index is 2.31. The van der Waals surface area contributed by atoms with Crippen LogP contribution in [0.2, 0.25) is 0 Å². The lowest BCUT2D eigenvalue weighted by Gasteiger charge is -2.12. The number of rotatable bonds is 2. The molecule has 0 heterocycles. The summed E-state index contributed by atoms with van der Waals surface area (Å²) in [5, 5.41) is 0. The first-order chi connectivity index (χ1) is 14.5. The molecule has 0 aliphatic heterocycles.